The number of nitrogens with zero attached hydrogens (tertiary/aromatic N) is 6. The van der Waals surface area contributed by atoms with Gasteiger partial charge in [-0.05, 0) is 95.3 Å². The molecule has 3 fully saturated rings. The second kappa shape index (κ2) is 21.6. The maximum atomic E-state index is 13.2. The maximum Gasteiger partial charge on any atom is 0.255 e. The molecule has 18 heteroatoms. The molecule has 4 aliphatic heterocycles. The second-order valence-electron chi connectivity index (χ2n) is 18.5. The van der Waals surface area contributed by atoms with Crippen LogP contribution in [0.1, 0.15) is 73.9 Å². The Morgan fingerprint density at radius 2 is 1.72 bits per heavy atom. The summed E-state index contributed by atoms with van der Waals surface area (Å²) in [6.45, 7) is 14.1. The minimum Gasteiger partial charge on any atom is -0.494 e. The van der Waals surface area contributed by atoms with Crippen LogP contribution in [0.2, 0.25) is 5.02 Å². The van der Waals surface area contributed by atoms with E-state index in [0.717, 1.165) is 93.9 Å². The number of carbonyl (C=O) groups is 4. The van der Waals surface area contributed by atoms with Gasteiger partial charge in [-0.1, -0.05) is 47.2 Å². The highest BCUT2D eigenvalue weighted by atomic mass is 35.5. The second-order valence-corrected chi connectivity index (χ2v) is 22.1. The number of anilines is 6. The quantitative estimate of drug-likeness (QED) is 0.0335. The van der Waals surface area contributed by atoms with E-state index in [1.165, 1.54) is 6.20 Å². The molecule has 0 aliphatic carbocycles. The highest BCUT2D eigenvalue weighted by Gasteiger charge is 2.40. The van der Waals surface area contributed by atoms with Gasteiger partial charge >= 0.3 is 0 Å². The summed E-state index contributed by atoms with van der Waals surface area (Å²) in [6.07, 6.45) is 7.24. The molecule has 4 amide bonds. The van der Waals surface area contributed by atoms with E-state index in [2.05, 4.69) is 57.8 Å². The van der Waals surface area contributed by atoms with Gasteiger partial charge in [-0.2, -0.15) is 4.98 Å². The molecule has 5 heterocycles. The predicted octanol–water partition coefficient (Wildman–Crippen LogP) is 6.96. The van der Waals surface area contributed by atoms with Gasteiger partial charge in [0.15, 0.2) is 5.82 Å². The van der Waals surface area contributed by atoms with Gasteiger partial charge in [-0.25, -0.2) is 4.98 Å². The Morgan fingerprint density at radius 3 is 2.45 bits per heavy atom. The molecule has 3 aromatic carbocycles. The normalized spacial score (nSPS) is 17.9. The summed E-state index contributed by atoms with van der Waals surface area (Å²) < 4.78 is 19.0. The summed E-state index contributed by atoms with van der Waals surface area (Å²) in [5.74, 6) is 6.61. The number of imide groups is 1. The lowest BCUT2D eigenvalue weighted by Gasteiger charge is -2.43. The van der Waals surface area contributed by atoms with Crippen LogP contribution in [0.15, 0.2) is 72.4 Å². The third-order valence-electron chi connectivity index (χ3n) is 13.0. The Morgan fingerprint density at radius 1 is 0.957 bits per heavy atom. The van der Waals surface area contributed by atoms with E-state index in [0.29, 0.717) is 58.5 Å². The van der Waals surface area contributed by atoms with Crippen LogP contribution in [0, 0.1) is 11.8 Å². The van der Waals surface area contributed by atoms with Gasteiger partial charge in [0.2, 0.25) is 23.7 Å². The van der Waals surface area contributed by atoms with Crippen molar-refractivity contribution < 1.29 is 28.5 Å². The molecule has 0 saturated carbocycles. The number of fused-ring (bicyclic) bond motifs is 1. The van der Waals surface area contributed by atoms with Gasteiger partial charge < -0.3 is 40.0 Å². The van der Waals surface area contributed by atoms with E-state index >= 15 is 0 Å². The first kappa shape index (κ1) is 49.2. The Kier molecular flexibility index (Phi) is 15.4. The summed E-state index contributed by atoms with van der Waals surface area (Å²) in [5.41, 5.74) is 5.78. The molecule has 4 aromatic rings. The fraction of sp³-hybridized carbons (Fsp3) is 0.412. The molecular formula is C51H60ClN10O6P. The summed E-state index contributed by atoms with van der Waals surface area (Å²) in [5, 5.41) is 13.0. The lowest BCUT2D eigenvalue weighted by atomic mass is 10.0. The number of carbonyl (C=O) groups excluding carboxylic acids is 4. The molecule has 362 valence electrons. The average molecular weight is 976 g/mol. The van der Waals surface area contributed by atoms with Crippen LogP contribution < -0.4 is 36.2 Å². The van der Waals surface area contributed by atoms with Gasteiger partial charge in [0.1, 0.15) is 24.0 Å². The monoisotopic (exact) mass is 974 g/mol. The Labute approximate surface area is 409 Å². The van der Waals surface area contributed by atoms with Crippen molar-refractivity contribution in [2.24, 2.45) is 0 Å². The number of piperazine rings is 1. The van der Waals surface area contributed by atoms with E-state index in [1.807, 2.05) is 62.4 Å². The maximum absolute atomic E-state index is 13.2. The Bertz CT molecular complexity index is 2770. The molecule has 4 N–H and O–H groups in total. The minimum atomic E-state index is -2.61. The van der Waals surface area contributed by atoms with Crippen molar-refractivity contribution in [3.05, 3.63) is 94.2 Å². The number of ether oxygens (including phenoxy) is 1. The molecule has 16 nitrogen and oxygen atoms in total. The number of hydrogen-bond acceptors (Lipinski definition) is 13. The number of methoxy groups -OCH3 is 1. The smallest absolute Gasteiger partial charge is 0.255 e. The molecule has 0 bridgehead atoms. The number of hydrogen-bond donors (Lipinski definition) is 4. The summed E-state index contributed by atoms with van der Waals surface area (Å²) in [6, 6.07) is 16.5. The van der Waals surface area contributed by atoms with Gasteiger partial charge in [0.05, 0.1) is 36.1 Å². The number of nitrogens with one attached hydrogen (secondary N) is 4. The van der Waals surface area contributed by atoms with E-state index < -0.39 is 19.1 Å². The lowest BCUT2D eigenvalue weighted by molar-refractivity contribution is -0.137. The standard InChI is InChI=1S/C51H60ClN10O6P/c1-33(2)28-47(64)54-40-29-41(56-51-53-31-38(52)48(58-51)55-39-15-8-9-16-45(39)69(4,5)67)44(68-3)30-43(40)61-22-19-35(20-23-61)60-26-24-59(25-27-60)21-10-6-7-12-34-13-11-14-36-37(34)32-62(50(36)66)42-17-18-46(63)57-49(42)65/h8-9,11,13-16,28-31,35,42H,6,10,17-27,32H2,1-5H3,(H,54,64)(H,57,63,65)(H2,53,55,56,58). The van der Waals surface area contributed by atoms with Crippen molar-refractivity contribution in [2.75, 3.05) is 87.1 Å². The van der Waals surface area contributed by atoms with Crippen LogP contribution >= 0.6 is 18.7 Å². The number of piperidine rings is 2. The van der Waals surface area contributed by atoms with Crippen LogP contribution in [0.5, 0.6) is 5.75 Å². The number of benzene rings is 3. The number of amides is 4. The van der Waals surface area contributed by atoms with Gasteiger partial charge in [0, 0.05) is 93.3 Å². The molecule has 1 aromatic heterocycles. The molecule has 69 heavy (non-hydrogen) atoms. The van der Waals surface area contributed by atoms with E-state index in [9.17, 15) is 23.7 Å². The number of para-hydroxylation sites is 1. The summed E-state index contributed by atoms with van der Waals surface area (Å²) >= 11 is 6.56. The highest BCUT2D eigenvalue weighted by Crippen LogP contribution is 2.41. The van der Waals surface area contributed by atoms with Crippen molar-refractivity contribution in [1.82, 2.24) is 30.0 Å². The first-order valence-electron chi connectivity index (χ1n) is 23.5. The molecular weight excluding hydrogens is 915 g/mol. The van der Waals surface area contributed by atoms with Crippen LogP contribution in [0.4, 0.5) is 34.5 Å². The van der Waals surface area contributed by atoms with E-state index in [1.54, 1.807) is 37.5 Å². The van der Waals surface area contributed by atoms with Gasteiger partial charge in [-0.3, -0.25) is 29.4 Å². The summed E-state index contributed by atoms with van der Waals surface area (Å²) in [7, 11) is -1.01. The average Bonchev–Trinajstić information content (AvgIpc) is 3.66. The van der Waals surface area contributed by atoms with Crippen LogP contribution in [-0.4, -0.2) is 127 Å². The first-order valence-corrected chi connectivity index (χ1v) is 26.5. The molecule has 1 unspecified atom stereocenters. The fourth-order valence-corrected chi connectivity index (χ4v) is 10.8. The Hall–Kier alpha value is -6.24. The highest BCUT2D eigenvalue weighted by molar-refractivity contribution is 7.70. The molecule has 0 spiro atoms. The lowest BCUT2D eigenvalue weighted by Crippen LogP contribution is -2.53. The van der Waals surface area contributed by atoms with E-state index in [4.69, 9.17) is 16.3 Å². The largest absolute Gasteiger partial charge is 0.494 e. The SMILES string of the molecule is COc1cc(N2CCC(N3CCN(CCCC#Cc4cccc5c4CN(C4CCC(=O)NC4=O)C5=O)CC3)CC2)c(NC(=O)C=C(C)C)cc1Nc1ncc(Cl)c(Nc2ccccc2P(C)(C)=O)n1. The molecule has 0 radical (unpaired) electrons. The number of allylic oxidation sites excluding steroid dienone is 1. The molecule has 4 aliphatic rings. The van der Waals surface area contributed by atoms with Gasteiger partial charge in [0.25, 0.3) is 5.91 Å². The molecule has 8 rings (SSSR count). The van der Waals surface area contributed by atoms with Crippen molar-refractivity contribution >= 4 is 82.2 Å². The van der Waals surface area contributed by atoms with Crippen LogP contribution in [0.25, 0.3) is 0 Å². The van der Waals surface area contributed by atoms with Crippen molar-refractivity contribution in [3.63, 3.8) is 0 Å². The number of aromatic nitrogens is 2. The van der Waals surface area contributed by atoms with Crippen molar-refractivity contribution in [3.8, 4) is 17.6 Å². The number of halogens is 1. The van der Waals surface area contributed by atoms with Crippen LogP contribution in [0.3, 0.4) is 0 Å². The summed E-state index contributed by atoms with van der Waals surface area (Å²) in [4.78, 5) is 68.7. The Balaban J connectivity index is 0.857. The molecule has 3 saturated heterocycles. The third kappa shape index (κ3) is 11.8. The predicted molar refractivity (Wildman–Crippen MR) is 272 cm³/mol. The third-order valence-corrected chi connectivity index (χ3v) is 14.9. The van der Waals surface area contributed by atoms with Crippen molar-refractivity contribution in [2.45, 2.75) is 71.0 Å². The fourth-order valence-electron chi connectivity index (χ4n) is 9.52. The van der Waals surface area contributed by atoms with Gasteiger partial charge in [-0.15, -0.1) is 0 Å². The van der Waals surface area contributed by atoms with Crippen molar-refractivity contribution in [1.29, 1.82) is 0 Å². The number of unbranched alkanes of at least 4 members (excludes halogenated alkanes) is 1. The number of rotatable bonds is 14. The topological polar surface area (TPSA) is 181 Å². The van der Waals surface area contributed by atoms with E-state index in [-0.39, 0.29) is 35.1 Å². The molecule has 1 atom stereocenters. The zero-order valence-electron chi connectivity index (χ0n) is 39.9. The van der Waals surface area contributed by atoms with Crippen LogP contribution in [-0.2, 0) is 25.5 Å². The zero-order chi connectivity index (χ0) is 48.8. The zero-order valence-corrected chi connectivity index (χ0v) is 41.5. The minimum absolute atomic E-state index is 0.190. The first-order chi connectivity index (χ1) is 33.1.